The minimum absolute atomic E-state index is 0.00742. The topological polar surface area (TPSA) is 109 Å². The molecule has 1 saturated carbocycles. The van der Waals surface area contributed by atoms with E-state index in [1.807, 2.05) is 0 Å². The lowest BCUT2D eigenvalue weighted by Gasteiger charge is -2.26. The molecule has 3 N–H and O–H groups in total. The number of carbonyl (C=O) groups is 1. The van der Waals surface area contributed by atoms with Gasteiger partial charge in [-0.1, -0.05) is 25.0 Å². The number of benzene rings is 1. The number of hydrogen-bond acceptors (Lipinski definition) is 6. The van der Waals surface area contributed by atoms with Crippen LogP contribution in [0.25, 0.3) is 0 Å². The first-order chi connectivity index (χ1) is 11.1. The number of non-ortho nitro benzene ring substituents is 1. The second kappa shape index (κ2) is 6.84. The van der Waals surface area contributed by atoms with Gasteiger partial charge in [0.2, 0.25) is 0 Å². The highest BCUT2D eigenvalue weighted by atomic mass is 16.6. The second-order valence-electron chi connectivity index (χ2n) is 5.91. The van der Waals surface area contributed by atoms with Crippen molar-refractivity contribution < 1.29 is 9.72 Å². The van der Waals surface area contributed by atoms with Gasteiger partial charge in [0.1, 0.15) is 6.04 Å². The highest BCUT2D eigenvalue weighted by Crippen LogP contribution is 2.30. The molecule has 0 spiro atoms. The van der Waals surface area contributed by atoms with Crippen LogP contribution in [0.5, 0.6) is 0 Å². The van der Waals surface area contributed by atoms with Crippen LogP contribution in [0, 0.1) is 16.0 Å². The number of amides is 1. The average Bonchev–Trinajstić information content (AvgIpc) is 2.99. The van der Waals surface area contributed by atoms with E-state index in [4.69, 9.17) is 0 Å². The molecule has 122 valence electrons. The van der Waals surface area contributed by atoms with Crippen molar-refractivity contribution >= 4 is 17.8 Å². The number of hydrazone groups is 1. The van der Waals surface area contributed by atoms with Crippen molar-refractivity contribution in [3.63, 3.8) is 0 Å². The summed E-state index contributed by atoms with van der Waals surface area (Å²) in [5.41, 5.74) is 9.29. The molecule has 2 fully saturated rings. The number of hydrazine groups is 1. The van der Waals surface area contributed by atoms with Crippen LogP contribution in [0.4, 0.5) is 5.69 Å². The molecule has 1 saturated heterocycles. The molecule has 1 heterocycles. The van der Waals surface area contributed by atoms with Gasteiger partial charge in [-0.2, -0.15) is 5.10 Å². The fourth-order valence-corrected chi connectivity index (χ4v) is 3.26. The van der Waals surface area contributed by atoms with E-state index in [-0.39, 0.29) is 23.6 Å². The molecule has 1 aliphatic carbocycles. The molecule has 0 radical (unpaired) electrons. The highest BCUT2D eigenvalue weighted by molar-refractivity contribution is 5.85. The van der Waals surface area contributed by atoms with E-state index < -0.39 is 4.92 Å². The van der Waals surface area contributed by atoms with E-state index in [0.29, 0.717) is 11.6 Å². The standard InChI is InChI=1S/C15H19N5O3/c21-15(14-12-6-1-2-7-13(12)17-18-14)19-16-9-10-4-3-5-11(8-10)20(22)23/h3-5,8-9,12-14,17-18H,1-2,6-7H2,(H,19,21)/b16-9+. The lowest BCUT2D eigenvalue weighted by Crippen LogP contribution is -2.44. The SMILES string of the molecule is O=C(N/N=C/c1cccc([N+](=O)[O-])c1)C1NNC2CCCCC21. The van der Waals surface area contributed by atoms with Crippen LogP contribution in [0.3, 0.4) is 0 Å². The zero-order valence-corrected chi connectivity index (χ0v) is 12.6. The monoisotopic (exact) mass is 317 g/mol. The lowest BCUT2D eigenvalue weighted by molar-refractivity contribution is -0.384. The number of rotatable bonds is 4. The fraction of sp³-hybridized carbons (Fsp3) is 0.467. The van der Waals surface area contributed by atoms with Crippen molar-refractivity contribution in [2.45, 2.75) is 37.8 Å². The van der Waals surface area contributed by atoms with Crippen molar-refractivity contribution in [3.05, 3.63) is 39.9 Å². The molecule has 23 heavy (non-hydrogen) atoms. The van der Waals surface area contributed by atoms with Gasteiger partial charge >= 0.3 is 0 Å². The first-order valence-corrected chi connectivity index (χ1v) is 7.73. The summed E-state index contributed by atoms with van der Waals surface area (Å²) in [7, 11) is 0. The third-order valence-electron chi connectivity index (χ3n) is 4.42. The van der Waals surface area contributed by atoms with Gasteiger partial charge in [-0.3, -0.25) is 20.3 Å². The van der Waals surface area contributed by atoms with Crippen molar-refractivity contribution in [2.24, 2.45) is 11.0 Å². The summed E-state index contributed by atoms with van der Waals surface area (Å²) >= 11 is 0. The van der Waals surface area contributed by atoms with Gasteiger partial charge in [0.05, 0.1) is 11.1 Å². The van der Waals surface area contributed by atoms with E-state index in [1.54, 1.807) is 12.1 Å². The van der Waals surface area contributed by atoms with Crippen molar-refractivity contribution in [1.82, 2.24) is 16.3 Å². The van der Waals surface area contributed by atoms with E-state index in [0.717, 1.165) is 19.3 Å². The minimum atomic E-state index is -0.465. The summed E-state index contributed by atoms with van der Waals surface area (Å²) in [5, 5.41) is 14.6. The number of hydrogen-bond donors (Lipinski definition) is 3. The van der Waals surface area contributed by atoms with E-state index in [1.165, 1.54) is 24.8 Å². The Balaban J connectivity index is 1.58. The van der Waals surface area contributed by atoms with Crippen LogP contribution in [-0.2, 0) is 4.79 Å². The molecule has 8 nitrogen and oxygen atoms in total. The van der Waals surface area contributed by atoms with Crippen LogP contribution in [-0.4, -0.2) is 29.1 Å². The van der Waals surface area contributed by atoms with Crippen LogP contribution in [0.1, 0.15) is 31.2 Å². The van der Waals surface area contributed by atoms with Gasteiger partial charge in [-0.25, -0.2) is 10.9 Å². The minimum Gasteiger partial charge on any atom is -0.271 e. The summed E-state index contributed by atoms with van der Waals surface area (Å²) in [6, 6.07) is 6.14. The maximum atomic E-state index is 12.2. The van der Waals surface area contributed by atoms with Crippen molar-refractivity contribution in [3.8, 4) is 0 Å². The summed E-state index contributed by atoms with van der Waals surface area (Å²) < 4.78 is 0. The predicted octanol–water partition coefficient (Wildman–Crippen LogP) is 1.08. The quantitative estimate of drug-likeness (QED) is 0.437. The number of carbonyl (C=O) groups excluding carboxylic acids is 1. The molecular weight excluding hydrogens is 298 g/mol. The summed E-state index contributed by atoms with van der Waals surface area (Å²) in [6.07, 6.45) is 5.85. The third kappa shape index (κ3) is 3.54. The molecule has 3 unspecified atom stereocenters. The molecule has 3 atom stereocenters. The maximum Gasteiger partial charge on any atom is 0.270 e. The molecule has 3 rings (SSSR count). The lowest BCUT2D eigenvalue weighted by atomic mass is 9.81. The van der Waals surface area contributed by atoms with E-state index in [2.05, 4.69) is 21.4 Å². The Bertz CT molecular complexity index is 633. The van der Waals surface area contributed by atoms with Crippen LogP contribution < -0.4 is 16.3 Å². The average molecular weight is 317 g/mol. The van der Waals surface area contributed by atoms with Crippen LogP contribution in [0.15, 0.2) is 29.4 Å². The molecule has 2 aliphatic rings. The summed E-state index contributed by atoms with van der Waals surface area (Å²) in [6.45, 7) is 0. The molecule has 1 aliphatic heterocycles. The number of nitro benzene ring substituents is 1. The Morgan fingerprint density at radius 3 is 3.00 bits per heavy atom. The van der Waals surface area contributed by atoms with Crippen LogP contribution in [0.2, 0.25) is 0 Å². The Hall–Kier alpha value is -2.32. The zero-order valence-electron chi connectivity index (χ0n) is 12.6. The maximum absolute atomic E-state index is 12.2. The molecule has 0 bridgehead atoms. The summed E-state index contributed by atoms with van der Waals surface area (Å²) in [4.78, 5) is 22.5. The smallest absolute Gasteiger partial charge is 0.270 e. The molecule has 8 heteroatoms. The normalized spacial score (nSPS) is 26.9. The first-order valence-electron chi connectivity index (χ1n) is 7.73. The number of nitrogens with zero attached hydrogens (tertiary/aromatic N) is 2. The predicted molar refractivity (Wildman–Crippen MR) is 84.6 cm³/mol. The Morgan fingerprint density at radius 2 is 2.17 bits per heavy atom. The van der Waals surface area contributed by atoms with Crippen LogP contribution >= 0.6 is 0 Å². The van der Waals surface area contributed by atoms with Crippen molar-refractivity contribution in [2.75, 3.05) is 0 Å². The first kappa shape index (κ1) is 15.6. The third-order valence-corrected chi connectivity index (χ3v) is 4.42. The molecule has 1 amide bonds. The Labute approximate surface area is 133 Å². The van der Waals surface area contributed by atoms with Gasteiger partial charge in [-0.15, -0.1) is 0 Å². The number of nitro groups is 1. The van der Waals surface area contributed by atoms with Gasteiger partial charge < -0.3 is 0 Å². The molecular formula is C15H19N5O3. The molecule has 1 aromatic rings. The Morgan fingerprint density at radius 1 is 1.35 bits per heavy atom. The summed E-state index contributed by atoms with van der Waals surface area (Å²) in [5.74, 6) is 0.102. The van der Waals surface area contributed by atoms with Crippen molar-refractivity contribution in [1.29, 1.82) is 0 Å². The van der Waals surface area contributed by atoms with E-state index in [9.17, 15) is 14.9 Å². The zero-order chi connectivity index (χ0) is 16.2. The number of nitrogens with one attached hydrogen (secondary N) is 3. The number of fused-ring (bicyclic) bond motifs is 1. The largest absolute Gasteiger partial charge is 0.271 e. The Kier molecular flexibility index (Phi) is 4.63. The molecule has 0 aromatic heterocycles. The highest BCUT2D eigenvalue weighted by Gasteiger charge is 2.40. The fourth-order valence-electron chi connectivity index (χ4n) is 3.26. The van der Waals surface area contributed by atoms with Gasteiger partial charge in [0.25, 0.3) is 11.6 Å². The van der Waals surface area contributed by atoms with Gasteiger partial charge in [0, 0.05) is 29.7 Å². The second-order valence-corrected chi connectivity index (χ2v) is 5.91. The molecule has 1 aromatic carbocycles. The van der Waals surface area contributed by atoms with Gasteiger partial charge in [0.15, 0.2) is 0 Å². The van der Waals surface area contributed by atoms with Gasteiger partial charge in [-0.05, 0) is 12.8 Å². The van der Waals surface area contributed by atoms with E-state index >= 15 is 0 Å².